The summed E-state index contributed by atoms with van der Waals surface area (Å²) in [4.78, 5) is 4.55. The quantitative estimate of drug-likeness (QED) is 0.922. The van der Waals surface area contributed by atoms with Crippen LogP contribution in [-0.2, 0) is 6.42 Å². The maximum atomic E-state index is 6.11. The van der Waals surface area contributed by atoms with Gasteiger partial charge in [-0.15, -0.1) is 11.3 Å². The minimum absolute atomic E-state index is 0.00172. The van der Waals surface area contributed by atoms with Gasteiger partial charge in [0.25, 0.3) is 0 Å². The number of likely N-dealkylation sites (N-methyl/N-ethyl adjacent to an activating group) is 1. The first kappa shape index (κ1) is 14.4. The molecule has 0 aliphatic carbocycles. The first-order valence-corrected chi connectivity index (χ1v) is 8.17. The Morgan fingerprint density at radius 3 is 2.90 bits per heavy atom. The summed E-state index contributed by atoms with van der Waals surface area (Å²) < 4.78 is 11.9. The molecule has 1 aromatic carbocycles. The first-order valence-electron chi connectivity index (χ1n) is 7.29. The molecule has 2 heterocycles. The monoisotopic (exact) mass is 304 g/mol. The highest BCUT2D eigenvalue weighted by molar-refractivity contribution is 7.09. The molecule has 0 saturated carbocycles. The Morgan fingerprint density at radius 1 is 1.38 bits per heavy atom. The topological polar surface area (TPSA) is 43.4 Å². The van der Waals surface area contributed by atoms with Crippen LogP contribution in [0.4, 0.5) is 0 Å². The maximum absolute atomic E-state index is 6.11. The van der Waals surface area contributed by atoms with Crippen LogP contribution in [0.2, 0.25) is 0 Å². The van der Waals surface area contributed by atoms with Crippen LogP contribution in [-0.4, -0.2) is 30.3 Å². The third-order valence-corrected chi connectivity index (χ3v) is 4.36. The number of thiazole rings is 1. The predicted octanol–water partition coefficient (Wildman–Crippen LogP) is 2.81. The van der Waals surface area contributed by atoms with Gasteiger partial charge in [-0.3, -0.25) is 0 Å². The Labute approximate surface area is 129 Å². The Kier molecular flexibility index (Phi) is 4.41. The molecule has 0 amide bonds. The number of para-hydroxylation sites is 2. The van der Waals surface area contributed by atoms with Crippen LogP contribution in [0.15, 0.2) is 29.6 Å². The van der Waals surface area contributed by atoms with E-state index in [0.717, 1.165) is 35.2 Å². The summed E-state index contributed by atoms with van der Waals surface area (Å²) in [6.07, 6.45) is 0.857. The molecule has 5 heteroatoms. The summed E-state index contributed by atoms with van der Waals surface area (Å²) in [7, 11) is 0. The standard InChI is InChI=1S/C16H20N2O2S/c1-3-17-13(8-12-10-21-11(2)18-12)16-9-19-14-6-4-5-7-15(14)20-16/h4-7,10,13,16-17H,3,8-9H2,1-2H3. The number of nitrogens with zero attached hydrogens (tertiary/aromatic N) is 1. The van der Waals surface area contributed by atoms with E-state index in [4.69, 9.17) is 9.47 Å². The van der Waals surface area contributed by atoms with Crippen molar-refractivity contribution in [2.75, 3.05) is 13.2 Å². The summed E-state index contributed by atoms with van der Waals surface area (Å²) in [5, 5.41) is 6.73. The third-order valence-electron chi connectivity index (χ3n) is 3.54. The van der Waals surface area contributed by atoms with Crippen LogP contribution in [0.25, 0.3) is 0 Å². The fourth-order valence-corrected chi connectivity index (χ4v) is 3.18. The van der Waals surface area contributed by atoms with E-state index in [2.05, 4.69) is 22.6 Å². The van der Waals surface area contributed by atoms with Gasteiger partial charge in [0.05, 0.1) is 16.7 Å². The number of rotatable bonds is 5. The van der Waals surface area contributed by atoms with E-state index in [1.807, 2.05) is 31.2 Å². The van der Waals surface area contributed by atoms with Crippen molar-refractivity contribution in [1.29, 1.82) is 0 Å². The van der Waals surface area contributed by atoms with E-state index in [1.54, 1.807) is 11.3 Å². The number of nitrogens with one attached hydrogen (secondary N) is 1. The molecule has 0 radical (unpaired) electrons. The Hall–Kier alpha value is -1.59. The molecule has 21 heavy (non-hydrogen) atoms. The minimum Gasteiger partial charge on any atom is -0.486 e. The van der Waals surface area contributed by atoms with Crippen molar-refractivity contribution in [3.63, 3.8) is 0 Å². The van der Waals surface area contributed by atoms with Crippen molar-refractivity contribution in [3.05, 3.63) is 40.3 Å². The molecule has 1 aliphatic heterocycles. The lowest BCUT2D eigenvalue weighted by molar-refractivity contribution is 0.0622. The second kappa shape index (κ2) is 6.45. The van der Waals surface area contributed by atoms with Gasteiger partial charge in [-0.25, -0.2) is 4.98 Å². The summed E-state index contributed by atoms with van der Waals surface area (Å²) >= 11 is 1.69. The molecule has 2 atom stereocenters. The van der Waals surface area contributed by atoms with Crippen molar-refractivity contribution in [3.8, 4) is 11.5 Å². The van der Waals surface area contributed by atoms with Gasteiger partial charge in [0.2, 0.25) is 0 Å². The van der Waals surface area contributed by atoms with Crippen LogP contribution >= 0.6 is 11.3 Å². The molecule has 0 spiro atoms. The van der Waals surface area contributed by atoms with Crippen molar-refractivity contribution in [1.82, 2.24) is 10.3 Å². The van der Waals surface area contributed by atoms with Crippen molar-refractivity contribution in [2.24, 2.45) is 0 Å². The van der Waals surface area contributed by atoms with E-state index in [1.165, 1.54) is 0 Å². The van der Waals surface area contributed by atoms with Gasteiger partial charge in [-0.1, -0.05) is 19.1 Å². The van der Waals surface area contributed by atoms with Gasteiger partial charge in [-0.2, -0.15) is 0 Å². The van der Waals surface area contributed by atoms with Crippen LogP contribution < -0.4 is 14.8 Å². The normalized spacial score (nSPS) is 18.5. The number of benzene rings is 1. The Bertz CT molecular complexity index is 599. The molecule has 1 aromatic heterocycles. The lowest BCUT2D eigenvalue weighted by atomic mass is 10.1. The first-order chi connectivity index (χ1) is 10.3. The number of aromatic nitrogens is 1. The zero-order chi connectivity index (χ0) is 14.7. The van der Waals surface area contributed by atoms with Gasteiger partial charge in [0.15, 0.2) is 11.5 Å². The molecule has 112 valence electrons. The lowest BCUT2D eigenvalue weighted by Crippen LogP contribution is -2.49. The summed E-state index contributed by atoms with van der Waals surface area (Å²) in [5.41, 5.74) is 1.12. The zero-order valence-corrected chi connectivity index (χ0v) is 13.2. The second-order valence-electron chi connectivity index (χ2n) is 5.14. The van der Waals surface area contributed by atoms with Crippen LogP contribution in [0.5, 0.6) is 11.5 Å². The van der Waals surface area contributed by atoms with Gasteiger partial charge < -0.3 is 14.8 Å². The van der Waals surface area contributed by atoms with E-state index in [-0.39, 0.29) is 12.1 Å². The van der Waals surface area contributed by atoms with Gasteiger partial charge in [0, 0.05) is 11.8 Å². The molecule has 1 N–H and O–H groups in total. The Balaban J connectivity index is 1.72. The molecule has 0 fully saturated rings. The largest absolute Gasteiger partial charge is 0.486 e. The number of aryl methyl sites for hydroxylation is 1. The Morgan fingerprint density at radius 2 is 2.19 bits per heavy atom. The summed E-state index contributed by atoms with van der Waals surface area (Å²) in [5.74, 6) is 1.65. The molecule has 2 unspecified atom stereocenters. The summed E-state index contributed by atoms with van der Waals surface area (Å²) in [6.45, 7) is 5.61. The van der Waals surface area contributed by atoms with Crippen molar-refractivity contribution < 1.29 is 9.47 Å². The molecular weight excluding hydrogens is 284 g/mol. The average Bonchev–Trinajstić information content (AvgIpc) is 2.91. The zero-order valence-electron chi connectivity index (χ0n) is 12.3. The lowest BCUT2D eigenvalue weighted by Gasteiger charge is -2.32. The summed E-state index contributed by atoms with van der Waals surface area (Å²) in [6, 6.07) is 8.03. The fraction of sp³-hybridized carbons (Fsp3) is 0.438. The molecule has 0 saturated heterocycles. The SMILES string of the molecule is CCNC(Cc1csc(C)n1)C1COc2ccccc2O1. The van der Waals surface area contributed by atoms with Crippen LogP contribution in [0.3, 0.4) is 0 Å². The molecule has 3 rings (SSSR count). The van der Waals surface area contributed by atoms with Crippen LogP contribution in [0.1, 0.15) is 17.6 Å². The molecule has 2 aromatic rings. The average molecular weight is 304 g/mol. The maximum Gasteiger partial charge on any atom is 0.161 e. The third kappa shape index (κ3) is 3.36. The highest BCUT2D eigenvalue weighted by Crippen LogP contribution is 2.32. The van der Waals surface area contributed by atoms with Gasteiger partial charge in [0.1, 0.15) is 12.7 Å². The van der Waals surface area contributed by atoms with E-state index in [0.29, 0.717) is 6.61 Å². The fourth-order valence-electron chi connectivity index (χ4n) is 2.56. The second-order valence-corrected chi connectivity index (χ2v) is 6.20. The van der Waals surface area contributed by atoms with E-state index >= 15 is 0 Å². The molecule has 4 nitrogen and oxygen atoms in total. The smallest absolute Gasteiger partial charge is 0.161 e. The predicted molar refractivity (Wildman–Crippen MR) is 84.4 cm³/mol. The number of hydrogen-bond donors (Lipinski definition) is 1. The molecular formula is C16H20N2O2S. The van der Waals surface area contributed by atoms with E-state index < -0.39 is 0 Å². The minimum atomic E-state index is 0.00172. The van der Waals surface area contributed by atoms with Crippen molar-refractivity contribution >= 4 is 11.3 Å². The number of hydrogen-bond acceptors (Lipinski definition) is 5. The highest BCUT2D eigenvalue weighted by atomic mass is 32.1. The van der Waals surface area contributed by atoms with Crippen LogP contribution in [0, 0.1) is 6.92 Å². The van der Waals surface area contributed by atoms with E-state index in [9.17, 15) is 0 Å². The number of fused-ring (bicyclic) bond motifs is 1. The van der Waals surface area contributed by atoms with Crippen molar-refractivity contribution in [2.45, 2.75) is 32.4 Å². The number of ether oxygens (including phenoxy) is 2. The van der Waals surface area contributed by atoms with Gasteiger partial charge >= 0.3 is 0 Å². The molecule has 1 aliphatic rings. The molecule has 0 bridgehead atoms. The highest BCUT2D eigenvalue weighted by Gasteiger charge is 2.29. The van der Waals surface area contributed by atoms with Gasteiger partial charge in [-0.05, 0) is 25.6 Å².